The zero-order valence-electron chi connectivity index (χ0n) is 17.1. The molecule has 1 aromatic carbocycles. The van der Waals surface area contributed by atoms with Gasteiger partial charge in [0, 0.05) is 37.5 Å². The van der Waals surface area contributed by atoms with Crippen LogP contribution in [0.3, 0.4) is 0 Å². The van der Waals surface area contributed by atoms with Gasteiger partial charge in [-0.25, -0.2) is 9.97 Å². The largest absolute Gasteiger partial charge is 0.416 e. The van der Waals surface area contributed by atoms with Crippen LogP contribution in [0.25, 0.3) is 0 Å². The van der Waals surface area contributed by atoms with Crippen LogP contribution in [-0.4, -0.2) is 34.6 Å². The van der Waals surface area contributed by atoms with Gasteiger partial charge in [0.1, 0.15) is 11.6 Å². The number of nitrogens with one attached hydrogen (secondary N) is 1. The van der Waals surface area contributed by atoms with Gasteiger partial charge in [0.25, 0.3) is 0 Å². The highest BCUT2D eigenvalue weighted by molar-refractivity contribution is 5.52. The molecule has 9 heteroatoms. The van der Waals surface area contributed by atoms with E-state index in [0.29, 0.717) is 29.7 Å². The van der Waals surface area contributed by atoms with Crippen LogP contribution in [0.2, 0.25) is 0 Å². The lowest BCUT2D eigenvalue weighted by atomic mass is 10.0. The number of rotatable bonds is 5. The van der Waals surface area contributed by atoms with Crippen molar-refractivity contribution in [2.24, 2.45) is 5.92 Å². The number of aryl methyl sites for hydroxylation is 1. The van der Waals surface area contributed by atoms with Gasteiger partial charge in [-0.3, -0.25) is 4.90 Å². The molecule has 4 rings (SSSR count). The van der Waals surface area contributed by atoms with Crippen molar-refractivity contribution in [1.29, 1.82) is 0 Å². The molecule has 1 fully saturated rings. The van der Waals surface area contributed by atoms with Crippen molar-refractivity contribution in [3.8, 4) is 0 Å². The third-order valence-corrected chi connectivity index (χ3v) is 5.66. The number of nitrogen functional groups attached to an aromatic ring is 1. The summed E-state index contributed by atoms with van der Waals surface area (Å²) in [4.78, 5) is 11.5. The Hall–Kier alpha value is -2.39. The second-order valence-corrected chi connectivity index (χ2v) is 8.20. The Morgan fingerprint density at radius 2 is 2.07 bits per heavy atom. The summed E-state index contributed by atoms with van der Waals surface area (Å²) in [7, 11) is 0. The van der Waals surface area contributed by atoms with E-state index >= 15 is 0 Å². The van der Waals surface area contributed by atoms with Crippen LogP contribution >= 0.6 is 0 Å². The summed E-state index contributed by atoms with van der Waals surface area (Å²) >= 11 is 0. The fourth-order valence-corrected chi connectivity index (χ4v) is 4.16. The lowest BCUT2D eigenvalue weighted by Crippen LogP contribution is -2.25. The molecule has 3 N–H and O–H groups in total. The summed E-state index contributed by atoms with van der Waals surface area (Å²) in [6.07, 6.45) is -3.38. The molecule has 2 aliphatic heterocycles. The van der Waals surface area contributed by atoms with Gasteiger partial charge in [-0.1, -0.05) is 0 Å². The Bertz CT molecular complexity index is 928. The minimum absolute atomic E-state index is 0.0857. The van der Waals surface area contributed by atoms with Crippen molar-refractivity contribution in [1.82, 2.24) is 14.9 Å². The molecular weight excluding hydrogens is 395 g/mol. The first-order valence-electron chi connectivity index (χ1n) is 10.1. The minimum atomic E-state index is -4.44. The quantitative estimate of drug-likeness (QED) is 0.713. The zero-order chi connectivity index (χ0) is 21.5. The number of ether oxygens (including phenoxy) is 1. The molecule has 0 aliphatic carbocycles. The molecule has 0 spiro atoms. The fraction of sp³-hybridized carbons (Fsp3) is 0.524. The Balaban J connectivity index is 1.54. The molecule has 1 unspecified atom stereocenters. The van der Waals surface area contributed by atoms with Gasteiger partial charge in [-0.05, 0) is 49.9 Å². The van der Waals surface area contributed by atoms with Crippen LogP contribution in [0, 0.1) is 12.8 Å². The molecular formula is C21H26F3N5O. The summed E-state index contributed by atoms with van der Waals surface area (Å²) in [5, 5.41) is 3.29. The molecule has 0 radical (unpaired) electrons. The standard InChI is InChI=1S/C21H26F3N5O/c1-12(15-5-16(21(22,23)24)7-17(25)6-15)26-20-18-9-29(8-14-3-4-30-11-14)10-19(18)27-13(2)28-20/h5-7,12,14H,3-4,8-11,25H2,1-2H3,(H,26,27,28)/t12-,14?/m1/s1. The van der Waals surface area contributed by atoms with Gasteiger partial charge in [-0.2, -0.15) is 13.2 Å². The Morgan fingerprint density at radius 1 is 1.27 bits per heavy atom. The van der Waals surface area contributed by atoms with E-state index in [-0.39, 0.29) is 5.69 Å². The van der Waals surface area contributed by atoms with Crippen LogP contribution in [0.15, 0.2) is 18.2 Å². The van der Waals surface area contributed by atoms with E-state index in [1.165, 1.54) is 0 Å². The van der Waals surface area contributed by atoms with Crippen LogP contribution in [-0.2, 0) is 24.0 Å². The maximum absolute atomic E-state index is 13.2. The number of benzene rings is 1. The van der Waals surface area contributed by atoms with Crippen molar-refractivity contribution in [3.63, 3.8) is 0 Å². The van der Waals surface area contributed by atoms with E-state index < -0.39 is 17.8 Å². The number of alkyl halides is 3. The van der Waals surface area contributed by atoms with Crippen LogP contribution < -0.4 is 11.1 Å². The van der Waals surface area contributed by atoms with Crippen molar-refractivity contribution in [3.05, 3.63) is 46.4 Å². The van der Waals surface area contributed by atoms with Crippen LogP contribution in [0.5, 0.6) is 0 Å². The second-order valence-electron chi connectivity index (χ2n) is 8.20. The molecule has 0 bridgehead atoms. The number of aromatic nitrogens is 2. The number of nitrogens with zero attached hydrogens (tertiary/aromatic N) is 3. The first-order chi connectivity index (χ1) is 14.2. The number of hydrogen-bond acceptors (Lipinski definition) is 6. The van der Waals surface area contributed by atoms with E-state index in [9.17, 15) is 13.2 Å². The number of halogens is 3. The highest BCUT2D eigenvalue weighted by Crippen LogP contribution is 2.34. The van der Waals surface area contributed by atoms with Crippen molar-refractivity contribution < 1.29 is 17.9 Å². The van der Waals surface area contributed by atoms with Crippen molar-refractivity contribution >= 4 is 11.5 Å². The van der Waals surface area contributed by atoms with E-state index in [2.05, 4.69) is 20.2 Å². The van der Waals surface area contributed by atoms with Crippen LogP contribution in [0.1, 0.15) is 47.6 Å². The summed E-state index contributed by atoms with van der Waals surface area (Å²) < 4.78 is 45.0. The average molecular weight is 421 g/mol. The van der Waals surface area contributed by atoms with Crippen molar-refractivity contribution in [2.75, 3.05) is 30.8 Å². The fourth-order valence-electron chi connectivity index (χ4n) is 4.16. The number of nitrogens with two attached hydrogens (primary N) is 1. The average Bonchev–Trinajstić information content (AvgIpc) is 3.30. The second kappa shape index (κ2) is 8.03. The molecule has 2 aromatic rings. The smallest absolute Gasteiger partial charge is 0.399 e. The summed E-state index contributed by atoms with van der Waals surface area (Å²) in [5.74, 6) is 1.83. The number of fused-ring (bicyclic) bond motifs is 1. The van der Waals surface area contributed by atoms with Crippen molar-refractivity contribution in [2.45, 2.75) is 45.6 Å². The molecule has 0 amide bonds. The van der Waals surface area contributed by atoms with E-state index in [0.717, 1.165) is 56.1 Å². The third kappa shape index (κ3) is 4.52. The zero-order valence-corrected chi connectivity index (χ0v) is 17.1. The number of hydrogen-bond donors (Lipinski definition) is 2. The molecule has 1 saturated heterocycles. The normalized spacial score (nSPS) is 20.4. The van der Waals surface area contributed by atoms with E-state index in [4.69, 9.17) is 10.5 Å². The topological polar surface area (TPSA) is 76.3 Å². The maximum atomic E-state index is 13.2. The predicted molar refractivity (Wildman–Crippen MR) is 108 cm³/mol. The molecule has 162 valence electrons. The first kappa shape index (κ1) is 20.9. The van der Waals surface area contributed by atoms with E-state index in [1.54, 1.807) is 13.0 Å². The Kier molecular flexibility index (Phi) is 5.59. The van der Waals surface area contributed by atoms with Gasteiger partial charge in [0.2, 0.25) is 0 Å². The molecule has 1 aromatic heterocycles. The molecule has 0 saturated carbocycles. The van der Waals surface area contributed by atoms with Crippen LogP contribution in [0.4, 0.5) is 24.7 Å². The monoisotopic (exact) mass is 421 g/mol. The van der Waals surface area contributed by atoms with Gasteiger partial charge >= 0.3 is 6.18 Å². The Morgan fingerprint density at radius 3 is 2.77 bits per heavy atom. The lowest BCUT2D eigenvalue weighted by Gasteiger charge is -2.20. The molecule has 2 atom stereocenters. The van der Waals surface area contributed by atoms with Gasteiger partial charge < -0.3 is 15.8 Å². The van der Waals surface area contributed by atoms with Gasteiger partial charge in [-0.15, -0.1) is 0 Å². The number of anilines is 2. The Labute approximate surface area is 173 Å². The minimum Gasteiger partial charge on any atom is -0.399 e. The summed E-state index contributed by atoms with van der Waals surface area (Å²) in [5.41, 5.74) is 7.50. The molecule has 6 nitrogen and oxygen atoms in total. The first-order valence-corrected chi connectivity index (χ1v) is 10.1. The molecule has 2 aliphatic rings. The SMILES string of the molecule is Cc1nc2c(c(N[C@H](C)c3cc(N)cc(C(F)(F)F)c3)n1)CN(CC1CCOC1)C2. The highest BCUT2D eigenvalue weighted by atomic mass is 19.4. The van der Waals surface area contributed by atoms with E-state index in [1.807, 2.05) is 6.92 Å². The predicted octanol–water partition coefficient (Wildman–Crippen LogP) is 3.91. The lowest BCUT2D eigenvalue weighted by molar-refractivity contribution is -0.137. The molecule has 30 heavy (non-hydrogen) atoms. The highest BCUT2D eigenvalue weighted by Gasteiger charge is 2.32. The van der Waals surface area contributed by atoms with Gasteiger partial charge in [0.05, 0.1) is 23.9 Å². The summed E-state index contributed by atoms with van der Waals surface area (Å²) in [6, 6.07) is 3.25. The van der Waals surface area contributed by atoms with Gasteiger partial charge in [0.15, 0.2) is 0 Å². The molecule has 3 heterocycles. The summed E-state index contributed by atoms with van der Waals surface area (Å²) in [6.45, 7) is 7.63. The maximum Gasteiger partial charge on any atom is 0.416 e. The third-order valence-electron chi connectivity index (χ3n) is 5.66.